The van der Waals surface area contributed by atoms with Gasteiger partial charge in [-0.25, -0.2) is 9.37 Å². The normalized spacial score (nSPS) is 10.8. The summed E-state index contributed by atoms with van der Waals surface area (Å²) >= 11 is 3.00. The van der Waals surface area contributed by atoms with Crippen molar-refractivity contribution in [3.05, 3.63) is 65.3 Å². The number of amides is 1. The van der Waals surface area contributed by atoms with Crippen molar-refractivity contribution in [3.63, 3.8) is 0 Å². The van der Waals surface area contributed by atoms with Crippen LogP contribution in [0.3, 0.4) is 0 Å². The number of rotatable bonds is 6. The molecule has 0 saturated carbocycles. The zero-order chi connectivity index (χ0) is 16.9. The van der Waals surface area contributed by atoms with E-state index in [0.717, 1.165) is 17.2 Å². The Bertz CT molecular complexity index is 818. The molecule has 4 nitrogen and oxygen atoms in total. The Morgan fingerprint density at radius 3 is 2.83 bits per heavy atom. The van der Waals surface area contributed by atoms with E-state index >= 15 is 0 Å². The maximum atomic E-state index is 14.0. The monoisotopic (exact) mass is 362 g/mol. The maximum Gasteiger partial charge on any atom is 0.230 e. The number of benzene rings is 1. The summed E-state index contributed by atoms with van der Waals surface area (Å²) in [7, 11) is 0. The number of carbonyl (C=O) groups excluding carboxylic acids is 1. The van der Waals surface area contributed by atoms with Gasteiger partial charge in [0.1, 0.15) is 11.6 Å². The molecule has 0 aliphatic heterocycles. The van der Waals surface area contributed by atoms with Gasteiger partial charge in [0.25, 0.3) is 0 Å². The second-order valence-corrected chi connectivity index (χ2v) is 6.82. The van der Waals surface area contributed by atoms with Crippen molar-refractivity contribution in [3.8, 4) is 0 Å². The first-order valence-corrected chi connectivity index (χ1v) is 9.28. The van der Waals surface area contributed by atoms with Crippen LogP contribution >= 0.6 is 23.1 Å². The van der Waals surface area contributed by atoms with Crippen molar-refractivity contribution >= 4 is 39.8 Å². The molecule has 3 aromatic rings. The fourth-order valence-corrected chi connectivity index (χ4v) is 3.97. The highest BCUT2D eigenvalue weighted by Crippen LogP contribution is 2.31. The van der Waals surface area contributed by atoms with Gasteiger partial charge in [-0.05, 0) is 24.3 Å². The van der Waals surface area contributed by atoms with Crippen molar-refractivity contribution in [2.24, 2.45) is 0 Å². The summed E-state index contributed by atoms with van der Waals surface area (Å²) < 4.78 is 19.3. The van der Waals surface area contributed by atoms with Gasteiger partial charge in [-0.2, -0.15) is 0 Å². The molecule has 0 unspecified atom stereocenters. The molecular formula is C17H15FN2O2S2. The summed E-state index contributed by atoms with van der Waals surface area (Å²) in [6, 6.07) is 9.98. The van der Waals surface area contributed by atoms with Gasteiger partial charge in [0.2, 0.25) is 5.91 Å². The van der Waals surface area contributed by atoms with E-state index in [-0.39, 0.29) is 11.6 Å². The zero-order valence-corrected chi connectivity index (χ0v) is 14.6. The maximum absolute atomic E-state index is 14.0. The molecular weight excluding hydrogens is 347 g/mol. The topological polar surface area (TPSA) is 46.3 Å². The van der Waals surface area contributed by atoms with E-state index in [2.05, 4.69) is 4.98 Å². The Labute approximate surface area is 147 Å². The number of nitrogens with zero attached hydrogens (tertiary/aromatic N) is 2. The van der Waals surface area contributed by atoms with Crippen LogP contribution in [0.5, 0.6) is 0 Å². The van der Waals surface area contributed by atoms with Gasteiger partial charge in [0.15, 0.2) is 5.13 Å². The van der Waals surface area contributed by atoms with Gasteiger partial charge in [0, 0.05) is 18.1 Å². The molecule has 2 heterocycles. The average molecular weight is 362 g/mol. The predicted octanol–water partition coefficient (Wildman–Crippen LogP) is 4.99. The molecule has 7 heteroatoms. The average Bonchev–Trinajstić information content (AvgIpc) is 3.22. The van der Waals surface area contributed by atoms with Crippen LogP contribution in [-0.4, -0.2) is 10.9 Å². The Morgan fingerprint density at radius 1 is 1.29 bits per heavy atom. The van der Waals surface area contributed by atoms with E-state index in [9.17, 15) is 9.18 Å². The first-order chi connectivity index (χ1) is 11.6. The molecule has 0 fully saturated rings. The molecule has 1 aromatic carbocycles. The smallest absolute Gasteiger partial charge is 0.230 e. The number of carbonyl (C=O) groups is 1. The number of hydrogen-bond acceptors (Lipinski definition) is 5. The molecule has 124 valence electrons. The molecule has 0 N–H and O–H groups in total. The minimum absolute atomic E-state index is 0.217. The summed E-state index contributed by atoms with van der Waals surface area (Å²) in [6.45, 7) is 1.40. The second kappa shape index (κ2) is 7.63. The van der Waals surface area contributed by atoms with Gasteiger partial charge in [0.05, 0.1) is 23.4 Å². The molecule has 0 aliphatic rings. The standard InChI is InChI=1S/C17H15FN2O2S2/c1-12(21)20(16-7-3-2-6-15(16)18)17-19-13(10-24-17)9-23-11-14-5-4-8-22-14/h2-8,10H,9,11H2,1H3. The molecule has 0 spiro atoms. The zero-order valence-electron chi connectivity index (χ0n) is 12.9. The van der Waals surface area contributed by atoms with Gasteiger partial charge in [-0.15, -0.1) is 23.1 Å². The number of furan rings is 1. The number of thiazole rings is 1. The number of para-hydroxylation sites is 1. The predicted molar refractivity (Wildman–Crippen MR) is 95.0 cm³/mol. The van der Waals surface area contributed by atoms with E-state index in [0.29, 0.717) is 10.9 Å². The van der Waals surface area contributed by atoms with Crippen molar-refractivity contribution in [2.75, 3.05) is 4.90 Å². The summed E-state index contributed by atoms with van der Waals surface area (Å²) in [4.78, 5) is 17.8. The number of hydrogen-bond donors (Lipinski definition) is 0. The summed E-state index contributed by atoms with van der Waals surface area (Å²) in [5.41, 5.74) is 1.07. The molecule has 3 rings (SSSR count). The summed E-state index contributed by atoms with van der Waals surface area (Å²) in [6.07, 6.45) is 1.65. The lowest BCUT2D eigenvalue weighted by Gasteiger charge is -2.18. The lowest BCUT2D eigenvalue weighted by Crippen LogP contribution is -2.23. The molecule has 0 radical (unpaired) electrons. The van der Waals surface area contributed by atoms with E-state index in [1.807, 2.05) is 17.5 Å². The van der Waals surface area contributed by atoms with E-state index in [1.165, 1.54) is 29.2 Å². The van der Waals surface area contributed by atoms with Crippen LogP contribution in [0.4, 0.5) is 15.2 Å². The Hall–Kier alpha value is -2.12. The molecule has 1 amide bonds. The number of thioether (sulfide) groups is 1. The van der Waals surface area contributed by atoms with Crippen molar-refractivity contribution in [1.29, 1.82) is 0 Å². The molecule has 0 bridgehead atoms. The van der Waals surface area contributed by atoms with Crippen LogP contribution in [-0.2, 0) is 16.3 Å². The van der Waals surface area contributed by atoms with Crippen LogP contribution in [0, 0.1) is 5.82 Å². The minimum atomic E-state index is -0.448. The van der Waals surface area contributed by atoms with Crippen LogP contribution in [0.25, 0.3) is 0 Å². The van der Waals surface area contributed by atoms with Gasteiger partial charge in [-0.3, -0.25) is 9.69 Å². The largest absolute Gasteiger partial charge is 0.468 e. The van der Waals surface area contributed by atoms with Gasteiger partial charge in [-0.1, -0.05) is 12.1 Å². The highest BCUT2D eigenvalue weighted by molar-refractivity contribution is 7.97. The highest BCUT2D eigenvalue weighted by Gasteiger charge is 2.20. The first kappa shape index (κ1) is 16.7. The van der Waals surface area contributed by atoms with E-state index in [4.69, 9.17) is 4.42 Å². The van der Waals surface area contributed by atoms with Crippen molar-refractivity contribution in [1.82, 2.24) is 4.98 Å². The Kier molecular flexibility index (Phi) is 5.32. The van der Waals surface area contributed by atoms with Crippen LogP contribution in [0.1, 0.15) is 18.4 Å². The number of halogens is 1. The quantitative estimate of drug-likeness (QED) is 0.619. The highest BCUT2D eigenvalue weighted by atomic mass is 32.2. The second-order valence-electron chi connectivity index (χ2n) is 5.00. The molecule has 2 aromatic heterocycles. The van der Waals surface area contributed by atoms with Crippen LogP contribution in [0.2, 0.25) is 0 Å². The van der Waals surface area contributed by atoms with Crippen molar-refractivity contribution < 1.29 is 13.6 Å². The third kappa shape index (κ3) is 3.85. The number of aromatic nitrogens is 1. The van der Waals surface area contributed by atoms with Gasteiger partial charge >= 0.3 is 0 Å². The molecule has 0 atom stereocenters. The molecule has 24 heavy (non-hydrogen) atoms. The fraction of sp³-hybridized carbons (Fsp3) is 0.176. The van der Waals surface area contributed by atoms with Gasteiger partial charge < -0.3 is 4.42 Å². The summed E-state index contributed by atoms with van der Waals surface area (Å²) in [5.74, 6) is 1.64. The Balaban J connectivity index is 1.72. The fourth-order valence-electron chi connectivity index (χ4n) is 2.16. The lowest BCUT2D eigenvalue weighted by atomic mass is 10.3. The van der Waals surface area contributed by atoms with E-state index in [1.54, 1.807) is 36.2 Å². The first-order valence-electron chi connectivity index (χ1n) is 7.25. The number of anilines is 2. The molecule has 0 saturated heterocycles. The lowest BCUT2D eigenvalue weighted by molar-refractivity contribution is -0.115. The third-order valence-corrected chi connectivity index (χ3v) is 5.08. The molecule has 0 aliphatic carbocycles. The van der Waals surface area contributed by atoms with Crippen LogP contribution < -0.4 is 4.90 Å². The van der Waals surface area contributed by atoms with Crippen LogP contribution in [0.15, 0.2) is 52.5 Å². The summed E-state index contributed by atoms with van der Waals surface area (Å²) in [5, 5.41) is 2.36. The Morgan fingerprint density at radius 2 is 2.12 bits per heavy atom. The van der Waals surface area contributed by atoms with E-state index < -0.39 is 5.82 Å². The minimum Gasteiger partial charge on any atom is -0.468 e. The van der Waals surface area contributed by atoms with Crippen molar-refractivity contribution in [2.45, 2.75) is 18.4 Å². The SMILES string of the molecule is CC(=O)N(c1nc(CSCc2ccco2)cs1)c1ccccc1F. The third-order valence-electron chi connectivity index (χ3n) is 3.21.